The third-order valence-electron chi connectivity index (χ3n) is 9.94. The van der Waals surface area contributed by atoms with Crippen molar-refractivity contribution in [1.29, 1.82) is 0 Å². The predicted octanol–water partition coefficient (Wildman–Crippen LogP) is 3.68. The van der Waals surface area contributed by atoms with E-state index in [0.717, 1.165) is 16.8 Å². The second-order valence-corrected chi connectivity index (χ2v) is 13.8. The molecular formula is C35H33BClF3N7O6. The van der Waals surface area contributed by atoms with Gasteiger partial charge in [-0.3, -0.25) is 19.1 Å². The molecular weight excluding hydrogens is 718 g/mol. The Kier molecular flexibility index (Phi) is 9.36. The minimum Gasteiger partial charge on any atom is -0.505 e. The van der Waals surface area contributed by atoms with Crippen LogP contribution >= 0.6 is 11.6 Å². The van der Waals surface area contributed by atoms with Gasteiger partial charge in [0.05, 0.1) is 29.5 Å². The lowest BCUT2D eigenvalue weighted by Gasteiger charge is -2.39. The zero-order valence-corrected chi connectivity index (χ0v) is 29.0. The van der Waals surface area contributed by atoms with Crippen molar-refractivity contribution >= 4 is 36.4 Å². The van der Waals surface area contributed by atoms with E-state index in [4.69, 9.17) is 16.3 Å². The van der Waals surface area contributed by atoms with Gasteiger partial charge in [-0.2, -0.15) is 13.2 Å². The zero-order chi connectivity index (χ0) is 37.7. The molecule has 0 saturated carbocycles. The van der Waals surface area contributed by atoms with Crippen molar-refractivity contribution in [1.82, 2.24) is 29.4 Å². The van der Waals surface area contributed by atoms with Gasteiger partial charge >= 0.3 is 6.18 Å². The van der Waals surface area contributed by atoms with Gasteiger partial charge in [0.25, 0.3) is 11.5 Å². The summed E-state index contributed by atoms with van der Waals surface area (Å²) in [4.78, 5) is 47.0. The molecule has 7 rings (SSSR count). The number of carbonyl (C=O) groups excluding carboxylic acids is 2. The summed E-state index contributed by atoms with van der Waals surface area (Å²) in [6.07, 6.45) is -2.15. The van der Waals surface area contributed by atoms with Gasteiger partial charge in [0, 0.05) is 43.2 Å². The molecule has 18 heteroatoms. The number of likely N-dealkylation sites (tertiary alicyclic amines) is 1. The van der Waals surface area contributed by atoms with E-state index in [1.54, 1.807) is 40.9 Å². The fourth-order valence-electron chi connectivity index (χ4n) is 7.00. The molecule has 275 valence electrons. The molecule has 13 nitrogen and oxygen atoms in total. The van der Waals surface area contributed by atoms with Crippen LogP contribution in [-0.2, 0) is 46.5 Å². The Bertz CT molecular complexity index is 2210. The number of nitrogens with one attached hydrogen (secondary N) is 2. The molecule has 2 fully saturated rings. The average Bonchev–Trinajstić information content (AvgIpc) is 3.44. The van der Waals surface area contributed by atoms with E-state index in [2.05, 4.69) is 20.5 Å². The molecule has 0 aliphatic carbocycles. The number of aromatic amines is 1. The number of H-pyrrole nitrogens is 1. The van der Waals surface area contributed by atoms with Crippen LogP contribution in [0.25, 0.3) is 11.4 Å². The molecule has 3 aliphatic rings. The number of aryl methyl sites for hydroxylation is 1. The van der Waals surface area contributed by atoms with E-state index in [9.17, 15) is 37.8 Å². The Morgan fingerprint density at radius 2 is 1.83 bits per heavy atom. The summed E-state index contributed by atoms with van der Waals surface area (Å²) >= 11 is 6.11. The first kappa shape index (κ1) is 36.2. The van der Waals surface area contributed by atoms with Gasteiger partial charge in [-0.1, -0.05) is 35.9 Å². The van der Waals surface area contributed by atoms with Gasteiger partial charge in [0.2, 0.25) is 5.91 Å². The van der Waals surface area contributed by atoms with E-state index in [1.807, 2.05) is 7.28 Å². The Balaban J connectivity index is 1.26. The number of rotatable bonds is 6. The Morgan fingerprint density at radius 3 is 2.45 bits per heavy atom. The Morgan fingerprint density at radius 1 is 1.11 bits per heavy atom. The fourth-order valence-corrected chi connectivity index (χ4v) is 7.23. The minimum atomic E-state index is -4.64. The summed E-state index contributed by atoms with van der Waals surface area (Å²) in [6, 6.07) is 12.3. The third-order valence-corrected chi connectivity index (χ3v) is 10.3. The van der Waals surface area contributed by atoms with Crippen LogP contribution in [0.4, 0.5) is 18.9 Å². The maximum atomic E-state index is 14.6. The predicted molar refractivity (Wildman–Crippen MR) is 187 cm³/mol. The number of aliphatic hydroxyl groups is 1. The summed E-state index contributed by atoms with van der Waals surface area (Å²) in [5, 5.41) is 30.3. The van der Waals surface area contributed by atoms with Gasteiger partial charge in [0.1, 0.15) is 25.2 Å². The number of nitrogens with zero attached hydrogens (tertiary/aromatic N) is 5. The first-order chi connectivity index (χ1) is 25.2. The number of aromatic hydroxyl groups is 1. The number of pyridine rings is 1. The van der Waals surface area contributed by atoms with Crippen LogP contribution in [0.15, 0.2) is 65.6 Å². The van der Waals surface area contributed by atoms with E-state index in [1.165, 1.54) is 18.3 Å². The molecule has 2 aromatic carbocycles. The highest BCUT2D eigenvalue weighted by molar-refractivity contribution is 6.41. The van der Waals surface area contributed by atoms with Crippen LogP contribution in [0.1, 0.15) is 45.7 Å². The molecule has 1 radical (unpaired) electrons. The molecule has 0 bridgehead atoms. The number of hydrogen-bond acceptors (Lipinski definition) is 8. The number of alkyl halides is 3. The summed E-state index contributed by atoms with van der Waals surface area (Å²) < 4.78 is 47.5. The van der Waals surface area contributed by atoms with Crippen molar-refractivity contribution in [2.24, 2.45) is 7.05 Å². The maximum absolute atomic E-state index is 14.6. The van der Waals surface area contributed by atoms with E-state index < -0.39 is 46.6 Å². The highest BCUT2D eigenvalue weighted by atomic mass is 35.5. The van der Waals surface area contributed by atoms with Gasteiger partial charge < -0.3 is 30.3 Å². The number of halogens is 4. The Labute approximate surface area is 305 Å². The second-order valence-electron chi connectivity index (χ2n) is 13.4. The number of aromatic nitrogens is 5. The summed E-state index contributed by atoms with van der Waals surface area (Å²) in [7, 11) is 3.71. The number of amides is 2. The average molecular weight is 751 g/mol. The first-order valence-corrected chi connectivity index (χ1v) is 17.0. The Hall–Kier alpha value is -5.13. The van der Waals surface area contributed by atoms with Crippen molar-refractivity contribution < 1.29 is 37.7 Å². The van der Waals surface area contributed by atoms with Gasteiger partial charge in [0.15, 0.2) is 11.5 Å². The van der Waals surface area contributed by atoms with Crippen molar-refractivity contribution in [3.63, 3.8) is 0 Å². The van der Waals surface area contributed by atoms with Crippen molar-refractivity contribution in [2.45, 2.75) is 42.8 Å². The molecule has 2 saturated heterocycles. The normalized spacial score (nSPS) is 17.1. The third kappa shape index (κ3) is 6.91. The number of hydrogen-bond donors (Lipinski definition) is 4. The smallest absolute Gasteiger partial charge is 0.416 e. The monoisotopic (exact) mass is 750 g/mol. The van der Waals surface area contributed by atoms with Crippen LogP contribution in [0, 0.1) is 0 Å². The largest absolute Gasteiger partial charge is 0.505 e. The molecule has 2 amide bonds. The quantitative estimate of drug-likeness (QED) is 0.217. The lowest BCUT2D eigenvalue weighted by molar-refractivity contribution is -0.184. The van der Waals surface area contributed by atoms with E-state index in [0.29, 0.717) is 47.6 Å². The highest BCUT2D eigenvalue weighted by Crippen LogP contribution is 2.40. The number of piperidine rings is 1. The molecule has 0 atom stereocenters. The number of anilines is 1. The van der Waals surface area contributed by atoms with Crippen LogP contribution in [0.3, 0.4) is 0 Å². The van der Waals surface area contributed by atoms with Gasteiger partial charge in [-0.05, 0) is 60.4 Å². The number of ether oxygens (including phenoxy) is 1. The zero-order valence-electron chi connectivity index (χ0n) is 28.3. The molecule has 2 aromatic heterocycles. The second kappa shape index (κ2) is 13.7. The SMILES string of the molecule is Cn1[nH]c2c(c(=O)n(CC(=O)Nc3ccc(C(F)(F)F)cc3Cl)nc1-c1ccc(C3(O)COC3)cc1)C1([B]C2)CCN(C(=O)c2ncccc2O)CC1. The fraction of sp³-hybridized carbons (Fsp3) is 0.343. The summed E-state index contributed by atoms with van der Waals surface area (Å²) in [6.45, 7) is 0.176. The standard InChI is InChI=1S/C35H33BClF3N7O6/c1-45-30(20-4-6-21(7-5-20)34(52)18-53-19-34)44-47(17-27(49)42-24-9-8-22(15-23(24)37)35(38,39)40)31(50)28-25(43-45)16-36-33(28)10-13-46(14-11-33)32(51)29-26(48)3-2-12-41-29/h2-9,12,15,43,48,52H,10-11,13-14,16-19H2,1H3,(H,42,49). The van der Waals surface area contributed by atoms with Gasteiger partial charge in [-0.25, -0.2) is 9.67 Å². The lowest BCUT2D eigenvalue weighted by atomic mass is 9.49. The van der Waals surface area contributed by atoms with Gasteiger partial charge in [-0.15, -0.1) is 5.10 Å². The van der Waals surface area contributed by atoms with E-state index >= 15 is 0 Å². The molecule has 53 heavy (non-hydrogen) atoms. The molecule has 4 N–H and O–H groups in total. The molecule has 3 aliphatic heterocycles. The topological polar surface area (TPSA) is 168 Å². The number of benzene rings is 2. The summed E-state index contributed by atoms with van der Waals surface area (Å²) in [5.74, 6) is -1.19. The number of carbonyl (C=O) groups is 2. The molecule has 1 spiro atoms. The summed E-state index contributed by atoms with van der Waals surface area (Å²) in [5.41, 5.74) is -0.723. The van der Waals surface area contributed by atoms with Crippen LogP contribution < -0.4 is 10.9 Å². The maximum Gasteiger partial charge on any atom is 0.416 e. The number of fused-ring (bicyclic) bond motifs is 2. The van der Waals surface area contributed by atoms with E-state index in [-0.39, 0.29) is 54.3 Å². The lowest BCUT2D eigenvalue weighted by Crippen LogP contribution is -2.49. The van der Waals surface area contributed by atoms with Crippen LogP contribution in [-0.4, -0.2) is 85.1 Å². The minimum absolute atomic E-state index is 0.0699. The van der Waals surface area contributed by atoms with Crippen LogP contribution in [0.5, 0.6) is 5.75 Å². The van der Waals surface area contributed by atoms with Crippen molar-refractivity contribution in [2.75, 3.05) is 31.6 Å². The van der Waals surface area contributed by atoms with Crippen molar-refractivity contribution in [3.05, 3.63) is 104 Å². The molecule has 5 heterocycles. The van der Waals surface area contributed by atoms with Crippen molar-refractivity contribution in [3.8, 4) is 17.1 Å². The van der Waals surface area contributed by atoms with Crippen LogP contribution in [0.2, 0.25) is 5.02 Å². The highest BCUT2D eigenvalue weighted by Gasteiger charge is 2.46. The first-order valence-electron chi connectivity index (χ1n) is 16.7. The molecule has 4 aromatic rings. The molecule has 0 unspecified atom stereocenters.